The van der Waals surface area contributed by atoms with Crippen molar-refractivity contribution >= 4 is 11.9 Å². The van der Waals surface area contributed by atoms with E-state index in [4.69, 9.17) is 14.2 Å². The standard InChI is InChI=1S/C32H46O5/c1-3-5-7-9-11-13-18-22-31(33)36-29-25-24-28(35-27-20-16-15-17-21-27)26-30(29)37-32(34)23-19-14-12-10-8-6-4-2/h15-17,20-21,24-26H,3-14,18-19,22-23H2,1-2H3. The highest BCUT2D eigenvalue weighted by atomic mass is 16.6. The normalized spacial score (nSPS) is 10.8. The molecule has 0 aliphatic rings. The zero-order chi connectivity index (χ0) is 26.6. The summed E-state index contributed by atoms with van der Waals surface area (Å²) in [6, 6.07) is 14.4. The number of hydrogen-bond donors (Lipinski definition) is 0. The Morgan fingerprint density at radius 1 is 0.541 bits per heavy atom. The van der Waals surface area contributed by atoms with Crippen LogP contribution in [0.1, 0.15) is 117 Å². The summed E-state index contributed by atoms with van der Waals surface area (Å²) in [4.78, 5) is 25.1. The van der Waals surface area contributed by atoms with Crippen LogP contribution in [0.3, 0.4) is 0 Å². The van der Waals surface area contributed by atoms with Gasteiger partial charge in [0.2, 0.25) is 0 Å². The molecule has 2 aromatic rings. The van der Waals surface area contributed by atoms with Crippen LogP contribution in [0.25, 0.3) is 0 Å². The predicted molar refractivity (Wildman–Crippen MR) is 149 cm³/mol. The molecule has 0 heterocycles. The zero-order valence-corrected chi connectivity index (χ0v) is 23.0. The number of carbonyl (C=O) groups is 2. The summed E-state index contributed by atoms with van der Waals surface area (Å²) in [5, 5.41) is 0. The SMILES string of the molecule is CCCCCCCCCC(=O)Oc1ccc(Oc2ccccc2)cc1OC(=O)CCCCCCCCC. The second kappa shape index (κ2) is 19.3. The maximum atomic E-state index is 12.6. The Morgan fingerprint density at radius 2 is 1.03 bits per heavy atom. The maximum Gasteiger partial charge on any atom is 0.311 e. The molecule has 0 amide bonds. The summed E-state index contributed by atoms with van der Waals surface area (Å²) in [7, 11) is 0. The predicted octanol–water partition coefficient (Wildman–Crippen LogP) is 9.57. The second-order valence-corrected chi connectivity index (χ2v) is 9.71. The molecule has 0 aliphatic heterocycles. The van der Waals surface area contributed by atoms with E-state index in [2.05, 4.69) is 13.8 Å². The zero-order valence-electron chi connectivity index (χ0n) is 23.0. The lowest BCUT2D eigenvalue weighted by Crippen LogP contribution is -2.12. The number of para-hydroxylation sites is 1. The Labute approximate surface area is 223 Å². The number of carbonyl (C=O) groups excluding carboxylic acids is 2. The van der Waals surface area contributed by atoms with E-state index in [9.17, 15) is 9.59 Å². The van der Waals surface area contributed by atoms with Gasteiger partial charge in [0.25, 0.3) is 0 Å². The highest BCUT2D eigenvalue weighted by Gasteiger charge is 2.16. The van der Waals surface area contributed by atoms with Crippen molar-refractivity contribution in [1.29, 1.82) is 0 Å². The number of esters is 2. The summed E-state index contributed by atoms with van der Waals surface area (Å²) in [6.07, 6.45) is 16.5. The van der Waals surface area contributed by atoms with Crippen LogP contribution in [0.4, 0.5) is 0 Å². The van der Waals surface area contributed by atoms with Crippen LogP contribution in [0.5, 0.6) is 23.0 Å². The summed E-state index contributed by atoms with van der Waals surface area (Å²) in [5.41, 5.74) is 0. The van der Waals surface area contributed by atoms with Gasteiger partial charge in [0.15, 0.2) is 11.5 Å². The van der Waals surface area contributed by atoms with Gasteiger partial charge in [-0.25, -0.2) is 0 Å². The molecule has 0 radical (unpaired) electrons. The molecule has 0 saturated carbocycles. The molecule has 2 aromatic carbocycles. The van der Waals surface area contributed by atoms with Gasteiger partial charge in [-0.3, -0.25) is 9.59 Å². The summed E-state index contributed by atoms with van der Waals surface area (Å²) in [5.74, 6) is 1.02. The van der Waals surface area contributed by atoms with Gasteiger partial charge < -0.3 is 14.2 Å². The minimum absolute atomic E-state index is 0.217. The first-order valence-corrected chi connectivity index (χ1v) is 14.4. The number of hydrogen-bond acceptors (Lipinski definition) is 5. The third-order valence-corrected chi connectivity index (χ3v) is 6.31. The van der Waals surface area contributed by atoms with Crippen LogP contribution >= 0.6 is 0 Å². The Bertz CT molecular complexity index is 893. The molecule has 0 unspecified atom stereocenters. The van der Waals surface area contributed by atoms with Crippen LogP contribution in [-0.4, -0.2) is 11.9 Å². The van der Waals surface area contributed by atoms with Crippen LogP contribution in [0.15, 0.2) is 48.5 Å². The third-order valence-electron chi connectivity index (χ3n) is 6.31. The van der Waals surface area contributed by atoms with E-state index in [1.165, 1.54) is 51.4 Å². The molecule has 0 aromatic heterocycles. The van der Waals surface area contributed by atoms with Crippen LogP contribution in [-0.2, 0) is 9.59 Å². The van der Waals surface area contributed by atoms with E-state index < -0.39 is 0 Å². The van der Waals surface area contributed by atoms with Crippen LogP contribution in [0, 0.1) is 0 Å². The molecule has 0 bridgehead atoms. The quantitative estimate of drug-likeness (QED) is 0.101. The van der Waals surface area contributed by atoms with Gasteiger partial charge in [-0.1, -0.05) is 109 Å². The minimum Gasteiger partial charge on any atom is -0.457 e. The smallest absolute Gasteiger partial charge is 0.311 e. The third kappa shape index (κ3) is 13.9. The van der Waals surface area contributed by atoms with Crippen molar-refractivity contribution in [3.05, 3.63) is 48.5 Å². The lowest BCUT2D eigenvalue weighted by molar-refractivity contribution is -0.137. The lowest BCUT2D eigenvalue weighted by Gasteiger charge is -2.13. The van der Waals surface area contributed by atoms with E-state index in [1.54, 1.807) is 18.2 Å². The van der Waals surface area contributed by atoms with Gasteiger partial charge in [-0.15, -0.1) is 0 Å². The van der Waals surface area contributed by atoms with Gasteiger partial charge in [-0.2, -0.15) is 0 Å². The molecule has 204 valence electrons. The lowest BCUT2D eigenvalue weighted by atomic mass is 10.1. The summed E-state index contributed by atoms with van der Waals surface area (Å²) < 4.78 is 17.2. The fourth-order valence-electron chi connectivity index (χ4n) is 4.14. The topological polar surface area (TPSA) is 61.8 Å². The molecular formula is C32H46O5. The van der Waals surface area contributed by atoms with Crippen molar-refractivity contribution in [1.82, 2.24) is 0 Å². The average molecular weight is 511 g/mol. The summed E-state index contributed by atoms with van der Waals surface area (Å²) >= 11 is 0. The van der Waals surface area contributed by atoms with Gasteiger partial charge in [-0.05, 0) is 37.1 Å². The molecule has 0 spiro atoms. The van der Waals surface area contributed by atoms with Crippen molar-refractivity contribution in [3.8, 4) is 23.0 Å². The molecule has 0 N–H and O–H groups in total. The van der Waals surface area contributed by atoms with Crippen LogP contribution in [0.2, 0.25) is 0 Å². The number of unbranched alkanes of at least 4 members (excludes halogenated alkanes) is 12. The molecule has 0 aliphatic carbocycles. The largest absolute Gasteiger partial charge is 0.457 e. The van der Waals surface area contributed by atoms with E-state index in [-0.39, 0.29) is 23.4 Å². The Balaban J connectivity index is 1.91. The molecule has 0 atom stereocenters. The number of ether oxygens (including phenoxy) is 3. The van der Waals surface area contributed by atoms with E-state index in [1.807, 2.05) is 30.3 Å². The Hall–Kier alpha value is -2.82. The van der Waals surface area contributed by atoms with Gasteiger partial charge >= 0.3 is 11.9 Å². The first kappa shape index (κ1) is 30.4. The monoisotopic (exact) mass is 510 g/mol. The minimum atomic E-state index is -0.324. The van der Waals surface area contributed by atoms with Crippen LogP contribution < -0.4 is 14.2 Å². The molecule has 5 nitrogen and oxygen atoms in total. The Morgan fingerprint density at radius 3 is 1.57 bits per heavy atom. The second-order valence-electron chi connectivity index (χ2n) is 9.71. The van der Waals surface area contributed by atoms with Crippen molar-refractivity contribution < 1.29 is 23.8 Å². The fourth-order valence-corrected chi connectivity index (χ4v) is 4.14. The van der Waals surface area contributed by atoms with E-state index >= 15 is 0 Å². The Kier molecular flexibility index (Phi) is 15.9. The molecule has 5 heteroatoms. The number of benzene rings is 2. The highest BCUT2D eigenvalue weighted by molar-refractivity contribution is 5.76. The van der Waals surface area contributed by atoms with Gasteiger partial charge in [0.05, 0.1) is 0 Å². The van der Waals surface area contributed by atoms with Gasteiger partial charge in [0.1, 0.15) is 11.5 Å². The van der Waals surface area contributed by atoms with Gasteiger partial charge in [0, 0.05) is 18.9 Å². The fraction of sp³-hybridized carbons (Fsp3) is 0.562. The molecule has 0 fully saturated rings. The molecule has 37 heavy (non-hydrogen) atoms. The van der Waals surface area contributed by atoms with E-state index in [0.717, 1.165) is 38.5 Å². The molecule has 2 rings (SSSR count). The molecular weight excluding hydrogens is 464 g/mol. The van der Waals surface area contributed by atoms with Crippen molar-refractivity contribution in [2.24, 2.45) is 0 Å². The average Bonchev–Trinajstić information content (AvgIpc) is 2.90. The summed E-state index contributed by atoms with van der Waals surface area (Å²) in [6.45, 7) is 4.41. The first-order chi connectivity index (χ1) is 18.1. The maximum absolute atomic E-state index is 12.6. The first-order valence-electron chi connectivity index (χ1n) is 14.4. The highest BCUT2D eigenvalue weighted by Crippen LogP contribution is 2.34. The number of rotatable bonds is 20. The van der Waals surface area contributed by atoms with Crippen molar-refractivity contribution in [3.63, 3.8) is 0 Å². The van der Waals surface area contributed by atoms with Crippen molar-refractivity contribution in [2.45, 2.75) is 117 Å². The van der Waals surface area contributed by atoms with E-state index in [0.29, 0.717) is 24.3 Å². The van der Waals surface area contributed by atoms with Crippen molar-refractivity contribution in [2.75, 3.05) is 0 Å². The molecule has 0 saturated heterocycles.